The zero-order valence-corrected chi connectivity index (χ0v) is 18.6. The van der Waals surface area contributed by atoms with Crippen molar-refractivity contribution in [3.05, 3.63) is 46.8 Å². The maximum absolute atomic E-state index is 13.2. The molecule has 1 aliphatic heterocycles. The molecule has 4 rings (SSSR count). The average Bonchev–Trinajstić information content (AvgIpc) is 3.33. The zero-order chi connectivity index (χ0) is 23.6. The number of aryl methyl sites for hydroxylation is 1. The van der Waals surface area contributed by atoms with E-state index in [9.17, 15) is 13.2 Å². The number of benzene rings is 1. The smallest absolute Gasteiger partial charge is 0.437 e. The van der Waals surface area contributed by atoms with Crippen LogP contribution in [-0.2, 0) is 12.6 Å². The summed E-state index contributed by atoms with van der Waals surface area (Å²) in [6.45, 7) is 5.10. The molecule has 2 heterocycles. The van der Waals surface area contributed by atoms with Crippen molar-refractivity contribution < 1.29 is 22.4 Å². The minimum absolute atomic E-state index is 0.0427. The Hall–Kier alpha value is -3.28. The quantitative estimate of drug-likeness (QED) is 0.468. The van der Waals surface area contributed by atoms with E-state index in [1.165, 1.54) is 6.07 Å². The fourth-order valence-electron chi connectivity index (χ4n) is 4.43. The Kier molecular flexibility index (Phi) is 6.19. The van der Waals surface area contributed by atoms with Crippen molar-refractivity contribution in [2.75, 3.05) is 13.2 Å². The lowest BCUT2D eigenvalue weighted by Gasteiger charge is -2.31. The molecular weight excluding hydrogens is 433 g/mol. The Bertz CT molecular complexity index is 1170. The topological polar surface area (TPSA) is 74.7 Å². The van der Waals surface area contributed by atoms with Gasteiger partial charge in [-0.15, -0.1) is 0 Å². The Balaban J connectivity index is 1.42. The van der Waals surface area contributed by atoms with E-state index < -0.39 is 11.9 Å². The van der Waals surface area contributed by atoms with Gasteiger partial charge < -0.3 is 14.2 Å². The molecule has 0 radical (unpaired) electrons. The molecule has 6 nitrogen and oxygen atoms in total. The fourth-order valence-corrected chi connectivity index (χ4v) is 4.43. The Labute approximate surface area is 190 Å². The maximum Gasteiger partial charge on any atom is 0.437 e. The molecule has 0 N–H and O–H groups in total. The Morgan fingerprint density at radius 3 is 2.85 bits per heavy atom. The molecular formula is C24H25F3N4O2. The third kappa shape index (κ3) is 4.47. The van der Waals surface area contributed by atoms with Gasteiger partial charge in [0.2, 0.25) is 0 Å². The van der Waals surface area contributed by atoms with Crippen molar-refractivity contribution in [1.82, 2.24) is 10.1 Å². The summed E-state index contributed by atoms with van der Waals surface area (Å²) >= 11 is 0. The Morgan fingerprint density at radius 1 is 1.30 bits per heavy atom. The molecule has 0 amide bonds. The van der Waals surface area contributed by atoms with Crippen molar-refractivity contribution in [1.29, 1.82) is 5.26 Å². The van der Waals surface area contributed by atoms with Gasteiger partial charge in [0, 0.05) is 24.2 Å². The van der Waals surface area contributed by atoms with Crippen molar-refractivity contribution in [3.63, 3.8) is 0 Å². The van der Waals surface area contributed by atoms with Crippen molar-refractivity contribution in [2.45, 2.75) is 57.7 Å². The first-order chi connectivity index (χ1) is 15.8. The van der Waals surface area contributed by atoms with Gasteiger partial charge in [-0.25, -0.2) is 0 Å². The number of halogens is 3. The number of nitriles is 1. The van der Waals surface area contributed by atoms with Gasteiger partial charge in [0.1, 0.15) is 11.3 Å². The number of alkyl halides is 3. The summed E-state index contributed by atoms with van der Waals surface area (Å²) < 4.78 is 50.6. The molecule has 33 heavy (non-hydrogen) atoms. The summed E-state index contributed by atoms with van der Waals surface area (Å²) in [5.74, 6) is 0.523. The molecule has 1 unspecified atom stereocenters. The molecule has 2 aliphatic rings. The number of allylic oxidation sites excluding steroid dienone is 2. The second-order valence-corrected chi connectivity index (χ2v) is 8.50. The molecule has 1 atom stereocenters. The van der Waals surface area contributed by atoms with Crippen LogP contribution < -0.4 is 4.74 Å². The van der Waals surface area contributed by atoms with Crippen LogP contribution in [0.2, 0.25) is 0 Å². The summed E-state index contributed by atoms with van der Waals surface area (Å²) in [6.07, 6.45) is 4.38. The van der Waals surface area contributed by atoms with Crippen molar-refractivity contribution >= 4 is 17.3 Å². The van der Waals surface area contributed by atoms with Crippen LogP contribution in [-0.4, -0.2) is 35.1 Å². The van der Waals surface area contributed by atoms with Crippen molar-refractivity contribution in [3.8, 4) is 11.8 Å². The van der Waals surface area contributed by atoms with Gasteiger partial charge in [-0.2, -0.15) is 18.4 Å². The van der Waals surface area contributed by atoms with Gasteiger partial charge in [-0.05, 0) is 38.0 Å². The van der Waals surface area contributed by atoms with E-state index in [-0.39, 0.29) is 16.5 Å². The van der Waals surface area contributed by atoms with Crippen LogP contribution in [0.25, 0.3) is 11.0 Å². The van der Waals surface area contributed by atoms with E-state index in [2.05, 4.69) is 28.0 Å². The van der Waals surface area contributed by atoms with E-state index >= 15 is 0 Å². The van der Waals surface area contributed by atoms with E-state index in [0.29, 0.717) is 43.7 Å². The molecule has 0 saturated heterocycles. The molecule has 0 bridgehead atoms. The number of aromatic nitrogens is 1. The number of rotatable bonds is 8. The molecule has 1 aromatic carbocycles. The molecule has 1 aromatic heterocycles. The maximum atomic E-state index is 13.2. The highest BCUT2D eigenvalue weighted by atomic mass is 19.4. The number of fused-ring (bicyclic) bond motifs is 2. The van der Waals surface area contributed by atoms with E-state index in [0.717, 1.165) is 24.1 Å². The summed E-state index contributed by atoms with van der Waals surface area (Å²) in [4.78, 5) is 6.75. The first-order valence-electron chi connectivity index (χ1n) is 11.0. The molecule has 174 valence electrons. The SMILES string of the molecule is CCCc1c(OCCCN2C=NC3(C)CC(CC#N)=CC=C23)ccc2c(C(F)(F)F)noc12. The van der Waals surface area contributed by atoms with Crippen LogP contribution in [0.1, 0.15) is 50.8 Å². The van der Waals surface area contributed by atoms with Gasteiger partial charge >= 0.3 is 6.18 Å². The fraction of sp³-hybridized carbons (Fsp3) is 0.458. The summed E-state index contributed by atoms with van der Waals surface area (Å²) in [5, 5.41) is 12.2. The lowest BCUT2D eigenvalue weighted by molar-refractivity contribution is -0.141. The standard InChI is InChI=1S/C24H25F3N4O2/c1-3-5-17-19(8-7-18-21(17)33-30-22(18)24(25,26)27)32-13-4-12-31-15-29-23(2)14-16(10-11-28)6-9-20(23)31/h6-9,15H,3-5,10,12-14H2,1-2H3. The van der Waals surface area contributed by atoms with Gasteiger partial charge in [-0.1, -0.05) is 30.2 Å². The zero-order valence-electron chi connectivity index (χ0n) is 18.6. The molecule has 1 aliphatic carbocycles. The first-order valence-corrected chi connectivity index (χ1v) is 11.0. The number of hydrogen-bond acceptors (Lipinski definition) is 6. The van der Waals surface area contributed by atoms with Crippen LogP contribution in [0.15, 0.2) is 45.1 Å². The highest BCUT2D eigenvalue weighted by Crippen LogP contribution is 2.40. The molecule has 0 spiro atoms. The number of hydrogen-bond donors (Lipinski definition) is 0. The number of aliphatic imine (C=N–C) groups is 1. The molecule has 0 saturated carbocycles. The van der Waals surface area contributed by atoms with Crippen molar-refractivity contribution in [2.24, 2.45) is 4.99 Å². The lowest BCUT2D eigenvalue weighted by Crippen LogP contribution is -2.32. The second kappa shape index (κ2) is 8.93. The first kappa shape index (κ1) is 22.9. The third-order valence-electron chi connectivity index (χ3n) is 5.97. The van der Waals surface area contributed by atoms with Gasteiger partial charge in [0.15, 0.2) is 11.3 Å². The molecule has 0 fully saturated rings. The minimum atomic E-state index is -4.57. The van der Waals surface area contributed by atoms with E-state index in [4.69, 9.17) is 14.5 Å². The molecule has 2 aromatic rings. The lowest BCUT2D eigenvalue weighted by atomic mass is 9.85. The van der Waals surface area contributed by atoms with Crippen LogP contribution in [0.5, 0.6) is 5.75 Å². The predicted molar refractivity (Wildman–Crippen MR) is 118 cm³/mol. The highest BCUT2D eigenvalue weighted by Gasteiger charge is 2.39. The van der Waals surface area contributed by atoms with E-state index in [1.807, 2.05) is 25.4 Å². The van der Waals surface area contributed by atoms with E-state index in [1.54, 1.807) is 6.07 Å². The summed E-state index contributed by atoms with van der Waals surface area (Å²) in [5.41, 5.74) is 1.56. The normalized spacial score (nSPS) is 19.9. The average molecular weight is 458 g/mol. The summed E-state index contributed by atoms with van der Waals surface area (Å²) in [6, 6.07) is 5.12. The largest absolute Gasteiger partial charge is 0.493 e. The second-order valence-electron chi connectivity index (χ2n) is 8.50. The highest BCUT2D eigenvalue weighted by molar-refractivity contribution is 5.85. The van der Waals surface area contributed by atoms with Crippen LogP contribution >= 0.6 is 0 Å². The van der Waals surface area contributed by atoms with Gasteiger partial charge in [0.25, 0.3) is 0 Å². The van der Waals surface area contributed by atoms with Crippen LogP contribution in [0.3, 0.4) is 0 Å². The van der Waals surface area contributed by atoms with Gasteiger partial charge in [0.05, 0.1) is 30.8 Å². The number of ether oxygens (including phenoxy) is 1. The number of nitrogens with zero attached hydrogens (tertiary/aromatic N) is 4. The summed E-state index contributed by atoms with van der Waals surface area (Å²) in [7, 11) is 0. The third-order valence-corrected chi connectivity index (χ3v) is 5.97. The van der Waals surface area contributed by atoms with Crippen LogP contribution in [0.4, 0.5) is 13.2 Å². The minimum Gasteiger partial charge on any atom is -0.493 e. The monoisotopic (exact) mass is 458 g/mol. The molecule has 9 heteroatoms. The predicted octanol–water partition coefficient (Wildman–Crippen LogP) is 5.80. The van der Waals surface area contributed by atoms with Crippen LogP contribution in [0, 0.1) is 11.3 Å². The van der Waals surface area contributed by atoms with Gasteiger partial charge in [-0.3, -0.25) is 4.99 Å². The Morgan fingerprint density at radius 2 is 2.12 bits per heavy atom.